The highest BCUT2D eigenvalue weighted by Crippen LogP contribution is 2.30. The van der Waals surface area contributed by atoms with Crippen LogP contribution in [0.15, 0.2) is 35.3 Å². The summed E-state index contributed by atoms with van der Waals surface area (Å²) in [5, 5.41) is 16.9. The molecule has 144 valence electrons. The zero-order valence-electron chi connectivity index (χ0n) is 14.4. The number of halogens is 3. The fourth-order valence-corrected chi connectivity index (χ4v) is 2.59. The van der Waals surface area contributed by atoms with Crippen molar-refractivity contribution in [2.45, 2.75) is 13.1 Å². The van der Waals surface area contributed by atoms with E-state index in [9.17, 15) is 28.0 Å². The Bertz CT molecular complexity index is 1160. The van der Waals surface area contributed by atoms with Crippen molar-refractivity contribution in [1.82, 2.24) is 20.1 Å². The van der Waals surface area contributed by atoms with Gasteiger partial charge < -0.3 is 5.32 Å². The molecule has 2 aromatic heterocycles. The summed E-state index contributed by atoms with van der Waals surface area (Å²) in [6.07, 6.45) is -3.44. The molecule has 1 aromatic carbocycles. The quantitative estimate of drug-likeness (QED) is 0.638. The number of urea groups is 1. The van der Waals surface area contributed by atoms with Crippen molar-refractivity contribution in [3.8, 4) is 11.8 Å². The molecule has 11 heteroatoms. The number of fused-ring (bicyclic) bond motifs is 1. The van der Waals surface area contributed by atoms with Crippen molar-refractivity contribution in [2.24, 2.45) is 0 Å². The highest BCUT2D eigenvalue weighted by atomic mass is 19.4. The Labute approximate surface area is 155 Å². The van der Waals surface area contributed by atoms with Gasteiger partial charge in [0.05, 0.1) is 22.2 Å². The number of hydrogen-bond acceptors (Lipinski definition) is 4. The average Bonchev–Trinajstić information content (AvgIpc) is 2.98. The topological polar surface area (TPSA) is 116 Å². The molecule has 0 saturated heterocycles. The molecule has 0 aliphatic rings. The molecular weight excluding hydrogens is 377 g/mol. The summed E-state index contributed by atoms with van der Waals surface area (Å²) in [6.45, 7) is 2.05. The van der Waals surface area contributed by atoms with E-state index in [4.69, 9.17) is 0 Å². The summed E-state index contributed by atoms with van der Waals surface area (Å²) >= 11 is 0. The smallest absolute Gasteiger partial charge is 0.338 e. The standard InChI is InChI=1S/C17H13F3N6O2/c1-2-22-16(28)24-14-11(7-21)13-12(8-23-14)15(27)26(25-13)10-5-3-4-9(6-10)17(18,19)20/h3-6,8,25H,2H2,1H3,(H2,22,23,24,28). The number of nitrogens with zero attached hydrogens (tertiary/aromatic N) is 3. The Kier molecular flexibility index (Phi) is 4.79. The monoisotopic (exact) mass is 390 g/mol. The van der Waals surface area contributed by atoms with Gasteiger partial charge >= 0.3 is 12.2 Å². The SMILES string of the molecule is CCNC(=O)Nc1ncc2c(=O)n(-c3cccc(C(F)(F)F)c3)[nH]c2c1C#N. The number of benzene rings is 1. The minimum Gasteiger partial charge on any atom is -0.338 e. The van der Waals surface area contributed by atoms with Gasteiger partial charge in [0.15, 0.2) is 5.82 Å². The van der Waals surface area contributed by atoms with Crippen LogP contribution >= 0.6 is 0 Å². The first kappa shape index (κ1) is 19.0. The maximum absolute atomic E-state index is 12.9. The molecule has 2 amide bonds. The minimum absolute atomic E-state index is 0.00425. The number of carbonyl (C=O) groups excluding carboxylic acids is 1. The normalized spacial score (nSPS) is 11.2. The van der Waals surface area contributed by atoms with Gasteiger partial charge in [0.2, 0.25) is 0 Å². The van der Waals surface area contributed by atoms with Gasteiger partial charge in [-0.2, -0.15) is 18.4 Å². The second-order valence-electron chi connectivity index (χ2n) is 5.67. The second kappa shape index (κ2) is 7.07. The van der Waals surface area contributed by atoms with Gasteiger partial charge in [0, 0.05) is 12.7 Å². The molecule has 0 unspecified atom stereocenters. The molecule has 8 nitrogen and oxygen atoms in total. The minimum atomic E-state index is -4.57. The number of pyridine rings is 1. The number of H-pyrrole nitrogens is 1. The molecular formula is C17H13F3N6O2. The molecule has 0 aliphatic heterocycles. The van der Waals surface area contributed by atoms with Crippen LogP contribution in [0, 0.1) is 11.3 Å². The van der Waals surface area contributed by atoms with Crippen LogP contribution < -0.4 is 16.2 Å². The molecule has 3 aromatic rings. The third-order valence-electron chi connectivity index (χ3n) is 3.85. The van der Waals surface area contributed by atoms with Crippen LogP contribution in [0.1, 0.15) is 18.1 Å². The molecule has 0 saturated carbocycles. The van der Waals surface area contributed by atoms with Crippen LogP contribution in [0.25, 0.3) is 16.6 Å². The summed E-state index contributed by atoms with van der Waals surface area (Å²) in [4.78, 5) is 28.2. The summed E-state index contributed by atoms with van der Waals surface area (Å²) in [5.74, 6) is -0.0848. The lowest BCUT2D eigenvalue weighted by molar-refractivity contribution is -0.137. The van der Waals surface area contributed by atoms with E-state index in [1.807, 2.05) is 6.07 Å². The average molecular weight is 390 g/mol. The lowest BCUT2D eigenvalue weighted by Gasteiger charge is -2.08. The molecule has 28 heavy (non-hydrogen) atoms. The molecule has 2 heterocycles. The van der Waals surface area contributed by atoms with E-state index < -0.39 is 23.3 Å². The van der Waals surface area contributed by atoms with Gasteiger partial charge in [0.25, 0.3) is 5.56 Å². The van der Waals surface area contributed by atoms with E-state index in [0.29, 0.717) is 6.54 Å². The number of carbonyl (C=O) groups is 1. The third-order valence-corrected chi connectivity index (χ3v) is 3.85. The maximum Gasteiger partial charge on any atom is 0.416 e. The Morgan fingerprint density at radius 3 is 2.79 bits per heavy atom. The lowest BCUT2D eigenvalue weighted by atomic mass is 10.2. The zero-order chi connectivity index (χ0) is 20.5. The van der Waals surface area contributed by atoms with Crippen LogP contribution in [0.4, 0.5) is 23.8 Å². The number of nitriles is 1. The first-order chi connectivity index (χ1) is 13.3. The summed E-state index contributed by atoms with van der Waals surface area (Å²) < 4.78 is 39.7. The fourth-order valence-electron chi connectivity index (χ4n) is 2.59. The van der Waals surface area contributed by atoms with Gasteiger partial charge in [-0.25, -0.2) is 14.5 Å². The largest absolute Gasteiger partial charge is 0.416 e. The predicted octanol–water partition coefficient (Wildman–Crippen LogP) is 2.75. The van der Waals surface area contributed by atoms with Crippen molar-refractivity contribution >= 4 is 22.8 Å². The number of rotatable bonds is 3. The fraction of sp³-hybridized carbons (Fsp3) is 0.176. The number of alkyl halides is 3. The zero-order valence-corrected chi connectivity index (χ0v) is 14.4. The van der Waals surface area contributed by atoms with Crippen LogP contribution in [0.5, 0.6) is 0 Å². The number of aromatic amines is 1. The number of hydrogen-bond donors (Lipinski definition) is 3. The van der Waals surface area contributed by atoms with E-state index in [2.05, 4.69) is 20.7 Å². The first-order valence-electron chi connectivity index (χ1n) is 8.02. The molecule has 0 aliphatic carbocycles. The van der Waals surface area contributed by atoms with Gasteiger partial charge in [-0.15, -0.1) is 0 Å². The predicted molar refractivity (Wildman–Crippen MR) is 94.1 cm³/mol. The third kappa shape index (κ3) is 3.39. The Balaban J connectivity index is 2.15. The van der Waals surface area contributed by atoms with E-state index >= 15 is 0 Å². The number of aromatic nitrogens is 3. The second-order valence-corrected chi connectivity index (χ2v) is 5.67. The van der Waals surface area contributed by atoms with Crippen molar-refractivity contribution in [3.63, 3.8) is 0 Å². The number of amides is 2. The lowest BCUT2D eigenvalue weighted by Crippen LogP contribution is -2.29. The van der Waals surface area contributed by atoms with E-state index in [1.165, 1.54) is 12.1 Å². The molecule has 0 fully saturated rings. The molecule has 0 atom stereocenters. The van der Waals surface area contributed by atoms with Crippen LogP contribution in [0.2, 0.25) is 0 Å². The highest BCUT2D eigenvalue weighted by molar-refractivity contribution is 5.94. The van der Waals surface area contributed by atoms with Crippen molar-refractivity contribution in [2.75, 3.05) is 11.9 Å². The van der Waals surface area contributed by atoms with Crippen LogP contribution in [0.3, 0.4) is 0 Å². The van der Waals surface area contributed by atoms with Crippen molar-refractivity contribution in [3.05, 3.63) is 51.9 Å². The Morgan fingerprint density at radius 2 is 2.14 bits per heavy atom. The van der Waals surface area contributed by atoms with Crippen LogP contribution in [-0.2, 0) is 6.18 Å². The van der Waals surface area contributed by atoms with Gasteiger partial charge in [-0.3, -0.25) is 15.2 Å². The number of nitrogens with one attached hydrogen (secondary N) is 3. The Morgan fingerprint density at radius 1 is 1.39 bits per heavy atom. The summed E-state index contributed by atoms with van der Waals surface area (Å²) in [6, 6.07) is 5.43. The van der Waals surface area contributed by atoms with E-state index in [0.717, 1.165) is 23.0 Å². The van der Waals surface area contributed by atoms with Gasteiger partial charge in [-0.05, 0) is 25.1 Å². The van der Waals surface area contributed by atoms with Gasteiger partial charge in [0.1, 0.15) is 11.6 Å². The highest BCUT2D eigenvalue weighted by Gasteiger charge is 2.30. The van der Waals surface area contributed by atoms with Crippen molar-refractivity contribution < 1.29 is 18.0 Å². The Hall–Kier alpha value is -3.81. The summed E-state index contributed by atoms with van der Waals surface area (Å²) in [7, 11) is 0. The first-order valence-corrected chi connectivity index (χ1v) is 8.02. The molecule has 3 rings (SSSR count). The molecule has 0 bridgehead atoms. The number of anilines is 1. The van der Waals surface area contributed by atoms with Crippen molar-refractivity contribution in [1.29, 1.82) is 5.26 Å². The molecule has 0 spiro atoms. The van der Waals surface area contributed by atoms with Gasteiger partial charge in [-0.1, -0.05) is 6.07 Å². The summed E-state index contributed by atoms with van der Waals surface area (Å²) in [5.41, 5.74) is -1.73. The van der Waals surface area contributed by atoms with E-state index in [-0.39, 0.29) is 28.0 Å². The van der Waals surface area contributed by atoms with Crippen LogP contribution in [-0.4, -0.2) is 27.3 Å². The maximum atomic E-state index is 12.9. The molecule has 0 radical (unpaired) electrons. The van der Waals surface area contributed by atoms with E-state index in [1.54, 1.807) is 6.92 Å². The molecule has 3 N–H and O–H groups in total.